The third kappa shape index (κ3) is 5.58. The Kier molecular flexibility index (Phi) is 6.69. The minimum atomic E-state index is 0. The smallest absolute Gasteiger partial charge is 0.0176 e. The van der Waals surface area contributed by atoms with E-state index in [9.17, 15) is 0 Å². The average molecular weight is 149 g/mol. The van der Waals surface area contributed by atoms with Crippen LogP contribution in [0.5, 0.6) is 0 Å². The second-order valence-corrected chi connectivity index (χ2v) is 2.29. The summed E-state index contributed by atoms with van der Waals surface area (Å²) in [6.07, 6.45) is 10.6. The van der Waals surface area contributed by atoms with Crippen LogP contribution in [0, 0.1) is 0 Å². The second kappa shape index (κ2) is 7.25. The molecule has 0 unspecified atom stereocenters. The van der Waals surface area contributed by atoms with E-state index in [1.165, 1.54) is 12.8 Å². The molecular weight excluding hydrogens is 135 g/mol. The van der Waals surface area contributed by atoms with Crippen molar-refractivity contribution in [1.82, 2.24) is 10.6 Å². The summed E-state index contributed by atoms with van der Waals surface area (Å²) in [7, 11) is 0. The molecule has 59 valence electrons. The Bertz CT molecular complexity index is 104. The molecule has 2 heterocycles. The van der Waals surface area contributed by atoms with Gasteiger partial charge in [0.25, 0.3) is 0 Å². The maximum Gasteiger partial charge on any atom is 0.0176 e. The van der Waals surface area contributed by atoms with E-state index in [1.807, 2.05) is 12.4 Å². The largest absolute Gasteiger partial charge is 0.391 e. The molecule has 3 radical (unpaired) electrons. The van der Waals surface area contributed by atoms with E-state index >= 15 is 0 Å². The van der Waals surface area contributed by atoms with Gasteiger partial charge in [0.05, 0.1) is 0 Å². The molecule has 0 bridgehead atoms. The highest BCUT2D eigenvalue weighted by Gasteiger charge is 1.82. The summed E-state index contributed by atoms with van der Waals surface area (Å²) in [5, 5.41) is 6.08. The monoisotopic (exact) mass is 149 g/mol. The van der Waals surface area contributed by atoms with Crippen molar-refractivity contribution >= 4 is 8.41 Å². The minimum Gasteiger partial charge on any atom is -0.391 e. The lowest BCUT2D eigenvalue weighted by molar-refractivity contribution is 0.917. The van der Waals surface area contributed by atoms with Crippen molar-refractivity contribution in [3.63, 3.8) is 0 Å². The molecule has 0 aromatic carbocycles. The number of hydrogen-bond acceptors (Lipinski definition) is 2. The molecule has 2 aliphatic rings. The molecule has 3 heteroatoms. The first-order chi connectivity index (χ1) is 5.00. The number of rotatable bonds is 0. The van der Waals surface area contributed by atoms with Gasteiger partial charge >= 0.3 is 0 Å². The van der Waals surface area contributed by atoms with E-state index in [4.69, 9.17) is 0 Å². The molecule has 0 spiro atoms. The lowest BCUT2D eigenvalue weighted by atomic mass is 10.5. The fourth-order valence-electron chi connectivity index (χ4n) is 0.833. The Hall–Kier alpha value is -0.855. The zero-order chi connectivity index (χ0) is 7.07. The van der Waals surface area contributed by atoms with Crippen LogP contribution in [0.2, 0.25) is 0 Å². The highest BCUT2D eigenvalue weighted by molar-refractivity contribution is 5.75. The van der Waals surface area contributed by atoms with Crippen LogP contribution in [-0.4, -0.2) is 21.5 Å². The van der Waals surface area contributed by atoms with Crippen molar-refractivity contribution in [3.8, 4) is 0 Å². The van der Waals surface area contributed by atoms with Crippen LogP contribution in [0.1, 0.15) is 12.8 Å². The van der Waals surface area contributed by atoms with Gasteiger partial charge in [-0.2, -0.15) is 0 Å². The van der Waals surface area contributed by atoms with Crippen LogP contribution >= 0.6 is 0 Å². The van der Waals surface area contributed by atoms with Crippen LogP contribution in [0.15, 0.2) is 24.6 Å². The van der Waals surface area contributed by atoms with Gasteiger partial charge in [0.2, 0.25) is 0 Å². The lowest BCUT2D eigenvalue weighted by Crippen LogP contribution is -1.96. The highest BCUT2D eigenvalue weighted by atomic mass is 14.8. The fourth-order valence-corrected chi connectivity index (χ4v) is 0.833. The van der Waals surface area contributed by atoms with Crippen molar-refractivity contribution in [2.75, 3.05) is 13.1 Å². The molecule has 0 aliphatic carbocycles. The second-order valence-electron chi connectivity index (χ2n) is 2.29. The summed E-state index contributed by atoms with van der Waals surface area (Å²) >= 11 is 0. The van der Waals surface area contributed by atoms with Gasteiger partial charge in [0, 0.05) is 21.5 Å². The molecular formula is C8H14BN2. The molecule has 0 fully saturated rings. The van der Waals surface area contributed by atoms with Gasteiger partial charge < -0.3 is 10.6 Å². The molecule has 2 N–H and O–H groups in total. The summed E-state index contributed by atoms with van der Waals surface area (Å²) < 4.78 is 0. The molecule has 0 atom stereocenters. The average Bonchev–Trinajstić information content (AvgIpc) is 2.67. The Balaban J connectivity index is 0.000000167. The summed E-state index contributed by atoms with van der Waals surface area (Å²) in [5.41, 5.74) is 0. The van der Waals surface area contributed by atoms with E-state index in [0.717, 1.165) is 13.1 Å². The summed E-state index contributed by atoms with van der Waals surface area (Å²) in [6.45, 7) is 2.28. The van der Waals surface area contributed by atoms with Crippen LogP contribution in [0.25, 0.3) is 0 Å². The molecule has 11 heavy (non-hydrogen) atoms. The Labute approximate surface area is 70.3 Å². The topological polar surface area (TPSA) is 24.1 Å². The van der Waals surface area contributed by atoms with Crippen LogP contribution in [0.3, 0.4) is 0 Å². The predicted molar refractivity (Wildman–Crippen MR) is 49.3 cm³/mol. The third-order valence-corrected chi connectivity index (χ3v) is 1.38. The maximum atomic E-state index is 3.04. The summed E-state index contributed by atoms with van der Waals surface area (Å²) in [6, 6.07) is 0. The molecule has 0 amide bonds. The molecule has 0 aromatic heterocycles. The molecule has 2 rings (SSSR count). The number of nitrogens with one attached hydrogen (secondary N) is 2. The zero-order valence-electron chi connectivity index (χ0n) is 6.72. The van der Waals surface area contributed by atoms with Gasteiger partial charge in [0.1, 0.15) is 0 Å². The first kappa shape index (κ1) is 10.1. The predicted octanol–water partition coefficient (Wildman–Crippen LogP) is 0.606. The Morgan fingerprint density at radius 2 is 1.27 bits per heavy atom. The molecule has 0 saturated heterocycles. The lowest BCUT2D eigenvalue weighted by Gasteiger charge is -1.78. The van der Waals surface area contributed by atoms with Gasteiger partial charge in [-0.15, -0.1) is 0 Å². The van der Waals surface area contributed by atoms with Crippen LogP contribution in [-0.2, 0) is 0 Å². The van der Waals surface area contributed by atoms with E-state index in [2.05, 4.69) is 22.8 Å². The molecule has 2 aliphatic heterocycles. The summed E-state index contributed by atoms with van der Waals surface area (Å²) in [5.74, 6) is 0. The zero-order valence-corrected chi connectivity index (χ0v) is 6.72. The standard InChI is InChI=1S/2C4H7N.B/c2*1-2-4-5-3-1;/h2*1,3,5H,2,4H2;. The first-order valence-corrected chi connectivity index (χ1v) is 3.77. The maximum absolute atomic E-state index is 3.04. The first-order valence-electron chi connectivity index (χ1n) is 3.77. The van der Waals surface area contributed by atoms with Gasteiger partial charge in [-0.3, -0.25) is 0 Å². The fraction of sp³-hybridized carbons (Fsp3) is 0.500. The normalized spacial score (nSPS) is 17.5. The van der Waals surface area contributed by atoms with Gasteiger partial charge in [-0.05, 0) is 25.2 Å². The van der Waals surface area contributed by atoms with E-state index < -0.39 is 0 Å². The Morgan fingerprint density at radius 3 is 1.36 bits per heavy atom. The Morgan fingerprint density at radius 1 is 0.818 bits per heavy atom. The highest BCUT2D eigenvalue weighted by Crippen LogP contribution is 1.84. The minimum absolute atomic E-state index is 0. The van der Waals surface area contributed by atoms with Gasteiger partial charge in [0.15, 0.2) is 0 Å². The quantitative estimate of drug-likeness (QED) is 0.493. The molecule has 0 aromatic rings. The van der Waals surface area contributed by atoms with Crippen molar-refractivity contribution in [2.45, 2.75) is 12.8 Å². The van der Waals surface area contributed by atoms with E-state index in [0.29, 0.717) is 0 Å². The van der Waals surface area contributed by atoms with Crippen molar-refractivity contribution in [3.05, 3.63) is 24.6 Å². The van der Waals surface area contributed by atoms with E-state index in [-0.39, 0.29) is 8.41 Å². The molecule has 0 saturated carbocycles. The van der Waals surface area contributed by atoms with Crippen molar-refractivity contribution in [1.29, 1.82) is 0 Å². The molecule has 2 nitrogen and oxygen atoms in total. The van der Waals surface area contributed by atoms with Crippen molar-refractivity contribution < 1.29 is 0 Å². The van der Waals surface area contributed by atoms with Gasteiger partial charge in [-0.1, -0.05) is 12.2 Å². The van der Waals surface area contributed by atoms with Crippen LogP contribution in [0.4, 0.5) is 0 Å². The number of hydrogen-bond donors (Lipinski definition) is 2. The SMILES string of the molecule is C1=CNCC1.C1=CNCC1.[B]. The summed E-state index contributed by atoms with van der Waals surface area (Å²) in [4.78, 5) is 0. The third-order valence-electron chi connectivity index (χ3n) is 1.38. The van der Waals surface area contributed by atoms with Crippen LogP contribution < -0.4 is 10.6 Å². The van der Waals surface area contributed by atoms with Gasteiger partial charge in [-0.25, -0.2) is 0 Å². The van der Waals surface area contributed by atoms with E-state index in [1.54, 1.807) is 0 Å². The van der Waals surface area contributed by atoms with Crippen molar-refractivity contribution in [2.24, 2.45) is 0 Å².